The normalized spacial score (nSPS) is 16.7. The summed E-state index contributed by atoms with van der Waals surface area (Å²) >= 11 is 4.92. The summed E-state index contributed by atoms with van der Waals surface area (Å²) in [4.78, 5) is 17.4. The molecule has 0 fully saturated rings. The Labute approximate surface area is 165 Å². The fourth-order valence-electron chi connectivity index (χ4n) is 3.41. The Bertz CT molecular complexity index is 900. The number of rotatable bonds is 5. The summed E-state index contributed by atoms with van der Waals surface area (Å²) in [5, 5.41) is 13.5. The van der Waals surface area contributed by atoms with E-state index in [0.29, 0.717) is 5.75 Å². The lowest BCUT2D eigenvalue weighted by molar-refractivity contribution is -0.131. The summed E-state index contributed by atoms with van der Waals surface area (Å²) in [6.07, 6.45) is 1.92. The summed E-state index contributed by atoms with van der Waals surface area (Å²) in [5.41, 5.74) is 1.33. The molecule has 0 aliphatic carbocycles. The zero-order chi connectivity index (χ0) is 18.1. The minimum atomic E-state index is 0.180. The molecule has 136 valence electrons. The van der Waals surface area contributed by atoms with Crippen molar-refractivity contribution in [2.24, 2.45) is 7.05 Å². The maximum atomic E-state index is 12.9. The van der Waals surface area contributed by atoms with Gasteiger partial charge in [0.25, 0.3) is 0 Å². The van der Waals surface area contributed by atoms with E-state index in [1.54, 1.807) is 11.3 Å². The van der Waals surface area contributed by atoms with Crippen LogP contribution in [0.15, 0.2) is 34.1 Å². The van der Waals surface area contributed by atoms with Gasteiger partial charge >= 0.3 is 0 Å². The highest BCUT2D eigenvalue weighted by molar-refractivity contribution is 7.99. The minimum absolute atomic E-state index is 0.180. The molecule has 0 saturated heterocycles. The minimum Gasteiger partial charge on any atom is -0.335 e. The first-order chi connectivity index (χ1) is 12.7. The third-order valence-electron chi connectivity index (χ3n) is 4.70. The SMILES string of the molecule is CCC1c2ccsc2CCN1C(=O)CSc1nnc(-c2cccs2)n1C. The number of aromatic nitrogens is 3. The van der Waals surface area contributed by atoms with Crippen molar-refractivity contribution in [2.45, 2.75) is 31.0 Å². The number of amides is 1. The molecule has 1 unspecified atom stereocenters. The van der Waals surface area contributed by atoms with E-state index in [0.717, 1.165) is 35.2 Å². The topological polar surface area (TPSA) is 51.0 Å². The van der Waals surface area contributed by atoms with Crippen LogP contribution in [0.4, 0.5) is 0 Å². The van der Waals surface area contributed by atoms with Gasteiger partial charge in [0.1, 0.15) is 0 Å². The summed E-state index contributed by atoms with van der Waals surface area (Å²) < 4.78 is 1.97. The largest absolute Gasteiger partial charge is 0.335 e. The van der Waals surface area contributed by atoms with Crippen LogP contribution in [0.2, 0.25) is 0 Å². The van der Waals surface area contributed by atoms with E-state index in [1.165, 1.54) is 22.2 Å². The van der Waals surface area contributed by atoms with Gasteiger partial charge in [0.05, 0.1) is 16.7 Å². The van der Waals surface area contributed by atoms with Gasteiger partial charge in [-0.2, -0.15) is 0 Å². The molecular weight excluding hydrogens is 384 g/mol. The highest BCUT2D eigenvalue weighted by Gasteiger charge is 2.30. The second-order valence-electron chi connectivity index (χ2n) is 6.19. The Hall–Kier alpha value is -1.64. The van der Waals surface area contributed by atoms with Crippen LogP contribution in [-0.2, 0) is 18.3 Å². The summed E-state index contributed by atoms with van der Waals surface area (Å²) in [6, 6.07) is 6.42. The fourth-order valence-corrected chi connectivity index (χ4v) is 5.87. The molecule has 5 nitrogen and oxygen atoms in total. The smallest absolute Gasteiger partial charge is 0.233 e. The third-order valence-corrected chi connectivity index (χ3v) is 7.57. The molecule has 3 aromatic rings. The second-order valence-corrected chi connectivity index (χ2v) is 9.08. The van der Waals surface area contributed by atoms with Crippen molar-refractivity contribution >= 4 is 40.3 Å². The van der Waals surface area contributed by atoms with Gasteiger partial charge in [-0.05, 0) is 41.3 Å². The Morgan fingerprint density at radius 2 is 2.19 bits per heavy atom. The zero-order valence-corrected chi connectivity index (χ0v) is 17.2. The van der Waals surface area contributed by atoms with Crippen LogP contribution in [0.25, 0.3) is 10.7 Å². The molecular formula is C18H20N4OS3. The highest BCUT2D eigenvalue weighted by Crippen LogP contribution is 2.36. The van der Waals surface area contributed by atoms with Crippen LogP contribution < -0.4 is 0 Å². The number of carbonyl (C=O) groups is 1. The molecule has 0 N–H and O–H groups in total. The first-order valence-electron chi connectivity index (χ1n) is 8.60. The number of thiophene rings is 2. The first kappa shape index (κ1) is 17.8. The predicted molar refractivity (Wildman–Crippen MR) is 108 cm³/mol. The van der Waals surface area contributed by atoms with Gasteiger partial charge in [-0.25, -0.2) is 0 Å². The van der Waals surface area contributed by atoms with Crippen molar-refractivity contribution in [1.29, 1.82) is 0 Å². The molecule has 4 heterocycles. The number of carbonyl (C=O) groups excluding carboxylic acids is 1. The van der Waals surface area contributed by atoms with Gasteiger partial charge in [0.2, 0.25) is 5.91 Å². The molecule has 0 radical (unpaired) electrons. The molecule has 1 aliphatic heterocycles. The van der Waals surface area contributed by atoms with Gasteiger partial charge in [-0.1, -0.05) is 24.8 Å². The van der Waals surface area contributed by atoms with Gasteiger partial charge in [-0.15, -0.1) is 32.9 Å². The number of hydrogen-bond acceptors (Lipinski definition) is 6. The van der Waals surface area contributed by atoms with E-state index in [4.69, 9.17) is 0 Å². The molecule has 8 heteroatoms. The molecule has 26 heavy (non-hydrogen) atoms. The summed E-state index contributed by atoms with van der Waals surface area (Å²) in [7, 11) is 1.95. The third kappa shape index (κ3) is 3.21. The van der Waals surface area contributed by atoms with E-state index >= 15 is 0 Å². The monoisotopic (exact) mass is 404 g/mol. The molecule has 1 aliphatic rings. The maximum absolute atomic E-state index is 12.9. The number of fused-ring (bicyclic) bond motifs is 1. The second kappa shape index (κ2) is 7.54. The molecule has 0 spiro atoms. The zero-order valence-electron chi connectivity index (χ0n) is 14.7. The average Bonchev–Trinajstić information content (AvgIpc) is 3.39. The number of thioether (sulfide) groups is 1. The van der Waals surface area contributed by atoms with Gasteiger partial charge in [0, 0.05) is 18.5 Å². The summed E-state index contributed by atoms with van der Waals surface area (Å²) in [6.45, 7) is 2.96. The van der Waals surface area contributed by atoms with Crippen molar-refractivity contribution in [3.8, 4) is 10.7 Å². The average molecular weight is 405 g/mol. The molecule has 0 aromatic carbocycles. The van der Waals surface area contributed by atoms with Crippen molar-refractivity contribution in [3.05, 3.63) is 39.4 Å². The van der Waals surface area contributed by atoms with Crippen molar-refractivity contribution in [2.75, 3.05) is 12.3 Å². The van der Waals surface area contributed by atoms with Gasteiger partial charge in [-0.3, -0.25) is 4.79 Å². The van der Waals surface area contributed by atoms with Crippen LogP contribution in [0.3, 0.4) is 0 Å². The lowest BCUT2D eigenvalue weighted by atomic mass is 9.98. The molecule has 0 saturated carbocycles. The van der Waals surface area contributed by atoms with Gasteiger partial charge in [0.15, 0.2) is 11.0 Å². The lowest BCUT2D eigenvalue weighted by Crippen LogP contribution is -2.40. The Kier molecular flexibility index (Phi) is 5.15. The van der Waals surface area contributed by atoms with E-state index in [2.05, 4.69) is 28.6 Å². The van der Waals surface area contributed by atoms with Crippen LogP contribution in [0.1, 0.15) is 29.8 Å². The van der Waals surface area contributed by atoms with Crippen LogP contribution in [0.5, 0.6) is 0 Å². The van der Waals surface area contributed by atoms with Crippen LogP contribution >= 0.6 is 34.4 Å². The van der Waals surface area contributed by atoms with Crippen LogP contribution in [-0.4, -0.2) is 37.9 Å². The Morgan fingerprint density at radius 1 is 1.31 bits per heavy atom. The molecule has 0 bridgehead atoms. The number of nitrogens with zero attached hydrogens (tertiary/aromatic N) is 4. The lowest BCUT2D eigenvalue weighted by Gasteiger charge is -2.35. The number of hydrogen-bond donors (Lipinski definition) is 0. The van der Waals surface area contributed by atoms with E-state index < -0.39 is 0 Å². The van der Waals surface area contributed by atoms with Gasteiger partial charge < -0.3 is 9.47 Å². The molecule has 1 amide bonds. The molecule has 3 aromatic heterocycles. The van der Waals surface area contributed by atoms with Crippen molar-refractivity contribution in [1.82, 2.24) is 19.7 Å². The standard InChI is InChI=1S/C18H20N4OS3/c1-3-13-12-7-10-25-14(12)6-8-22(13)16(23)11-26-18-20-19-17(21(18)2)15-5-4-9-24-15/h4-5,7,9-10,13H,3,6,8,11H2,1-2H3. The molecule has 4 rings (SSSR count). The molecule has 1 atom stereocenters. The maximum Gasteiger partial charge on any atom is 0.233 e. The Balaban J connectivity index is 1.45. The van der Waals surface area contributed by atoms with Crippen molar-refractivity contribution in [3.63, 3.8) is 0 Å². The predicted octanol–water partition coefficient (Wildman–Crippen LogP) is 4.23. The van der Waals surface area contributed by atoms with E-state index in [9.17, 15) is 4.79 Å². The van der Waals surface area contributed by atoms with E-state index in [1.807, 2.05) is 45.4 Å². The summed E-state index contributed by atoms with van der Waals surface area (Å²) in [5.74, 6) is 1.42. The Morgan fingerprint density at radius 3 is 2.96 bits per heavy atom. The van der Waals surface area contributed by atoms with E-state index in [-0.39, 0.29) is 11.9 Å². The van der Waals surface area contributed by atoms with Crippen LogP contribution in [0, 0.1) is 0 Å². The highest BCUT2D eigenvalue weighted by atomic mass is 32.2. The van der Waals surface area contributed by atoms with Crippen molar-refractivity contribution < 1.29 is 4.79 Å². The first-order valence-corrected chi connectivity index (χ1v) is 11.3. The fraction of sp³-hybridized carbons (Fsp3) is 0.389. The quantitative estimate of drug-likeness (QED) is 0.597.